The summed E-state index contributed by atoms with van der Waals surface area (Å²) < 4.78 is 1.22. The lowest BCUT2D eigenvalue weighted by Crippen LogP contribution is -2.35. The zero-order valence-corrected chi connectivity index (χ0v) is 10.0. The van der Waals surface area contributed by atoms with E-state index in [4.69, 9.17) is 0 Å². The fourth-order valence-corrected chi connectivity index (χ4v) is 1.61. The summed E-state index contributed by atoms with van der Waals surface area (Å²) in [5, 5.41) is 12.2. The number of aromatic nitrogens is 2. The van der Waals surface area contributed by atoms with Crippen molar-refractivity contribution in [1.82, 2.24) is 14.7 Å². The van der Waals surface area contributed by atoms with Gasteiger partial charge < -0.3 is 10.4 Å². The Bertz CT molecular complexity index is 661. The maximum atomic E-state index is 12.1. The van der Waals surface area contributed by atoms with Crippen LogP contribution in [0.25, 0.3) is 5.65 Å². The first kappa shape index (κ1) is 12.1. The summed E-state index contributed by atoms with van der Waals surface area (Å²) in [6.07, 6.45) is 1.50. The van der Waals surface area contributed by atoms with Gasteiger partial charge in [-0.25, -0.2) is 0 Å². The molecule has 0 unspecified atom stereocenters. The van der Waals surface area contributed by atoms with E-state index in [-0.39, 0.29) is 11.6 Å². The quantitative estimate of drug-likeness (QED) is 0.811. The van der Waals surface area contributed by atoms with Crippen LogP contribution in [-0.2, 0) is 0 Å². The molecule has 0 aromatic carbocycles. The van der Waals surface area contributed by atoms with E-state index in [1.54, 1.807) is 32.0 Å². The molecule has 0 atom stereocenters. The van der Waals surface area contributed by atoms with Crippen molar-refractivity contribution < 1.29 is 9.90 Å². The van der Waals surface area contributed by atoms with Crippen LogP contribution in [0.2, 0.25) is 0 Å². The smallest absolute Gasteiger partial charge is 0.274 e. The molecule has 2 aromatic heterocycles. The molecule has 2 aromatic rings. The van der Waals surface area contributed by atoms with Gasteiger partial charge in [0, 0.05) is 12.2 Å². The molecule has 94 valence electrons. The van der Waals surface area contributed by atoms with Gasteiger partial charge in [0.1, 0.15) is 5.65 Å². The molecule has 6 heteroatoms. The van der Waals surface area contributed by atoms with Gasteiger partial charge in [0.2, 0.25) is 5.88 Å². The third-order valence-corrected chi connectivity index (χ3v) is 2.36. The monoisotopic (exact) mass is 247 g/mol. The van der Waals surface area contributed by atoms with E-state index in [0.29, 0.717) is 5.65 Å². The molecule has 18 heavy (non-hydrogen) atoms. The summed E-state index contributed by atoms with van der Waals surface area (Å²) >= 11 is 0. The topological polar surface area (TPSA) is 83.7 Å². The SMILES string of the molecule is CC(C)NC(=O)c1c(O)nc2ccccn2c1=O. The van der Waals surface area contributed by atoms with Crippen molar-refractivity contribution >= 4 is 11.6 Å². The van der Waals surface area contributed by atoms with Crippen LogP contribution in [-0.4, -0.2) is 26.4 Å². The van der Waals surface area contributed by atoms with Gasteiger partial charge >= 0.3 is 0 Å². The van der Waals surface area contributed by atoms with E-state index < -0.39 is 17.3 Å². The summed E-state index contributed by atoms with van der Waals surface area (Å²) in [7, 11) is 0. The van der Waals surface area contributed by atoms with E-state index in [1.165, 1.54) is 10.6 Å². The Morgan fingerprint density at radius 3 is 2.83 bits per heavy atom. The number of amides is 1. The minimum atomic E-state index is -0.627. The molecule has 0 saturated carbocycles. The van der Waals surface area contributed by atoms with Gasteiger partial charge in [0.25, 0.3) is 11.5 Å². The third kappa shape index (κ3) is 2.04. The van der Waals surface area contributed by atoms with Gasteiger partial charge in [0.05, 0.1) is 0 Å². The fraction of sp³-hybridized carbons (Fsp3) is 0.250. The normalized spacial score (nSPS) is 10.8. The number of hydrogen-bond donors (Lipinski definition) is 2. The lowest BCUT2D eigenvalue weighted by atomic mass is 10.2. The Morgan fingerprint density at radius 1 is 1.44 bits per heavy atom. The van der Waals surface area contributed by atoms with E-state index >= 15 is 0 Å². The van der Waals surface area contributed by atoms with Crippen molar-refractivity contribution in [3.63, 3.8) is 0 Å². The predicted octanol–water partition coefficient (Wildman–Crippen LogP) is 0.538. The molecule has 0 aliphatic heterocycles. The van der Waals surface area contributed by atoms with Crippen LogP contribution in [0.4, 0.5) is 0 Å². The van der Waals surface area contributed by atoms with Gasteiger partial charge in [-0.2, -0.15) is 4.98 Å². The Morgan fingerprint density at radius 2 is 2.17 bits per heavy atom. The fourth-order valence-electron chi connectivity index (χ4n) is 1.61. The van der Waals surface area contributed by atoms with Gasteiger partial charge in [-0.3, -0.25) is 14.0 Å². The molecule has 1 amide bonds. The molecule has 0 aliphatic rings. The van der Waals surface area contributed by atoms with Crippen LogP contribution in [0.5, 0.6) is 5.88 Å². The molecule has 0 bridgehead atoms. The maximum Gasteiger partial charge on any atom is 0.274 e. The van der Waals surface area contributed by atoms with Crippen molar-refractivity contribution in [3.8, 4) is 5.88 Å². The van der Waals surface area contributed by atoms with Gasteiger partial charge in [-0.1, -0.05) is 6.07 Å². The lowest BCUT2D eigenvalue weighted by Gasteiger charge is -2.09. The van der Waals surface area contributed by atoms with Crippen LogP contribution in [0.1, 0.15) is 24.2 Å². The molecule has 0 fully saturated rings. The van der Waals surface area contributed by atoms with Crippen molar-refractivity contribution in [2.75, 3.05) is 0 Å². The summed E-state index contributed by atoms with van der Waals surface area (Å²) in [6, 6.07) is 4.78. The first-order valence-electron chi connectivity index (χ1n) is 5.52. The summed E-state index contributed by atoms with van der Waals surface area (Å²) in [5.41, 5.74) is -0.634. The zero-order chi connectivity index (χ0) is 13.3. The minimum Gasteiger partial charge on any atom is -0.493 e. The summed E-state index contributed by atoms with van der Waals surface area (Å²) in [4.78, 5) is 27.7. The van der Waals surface area contributed by atoms with Crippen molar-refractivity contribution in [3.05, 3.63) is 40.3 Å². The highest BCUT2D eigenvalue weighted by Crippen LogP contribution is 2.10. The third-order valence-electron chi connectivity index (χ3n) is 2.36. The standard InChI is InChI=1S/C12H13N3O3/c1-7(2)13-10(16)9-11(17)14-8-5-3-4-6-15(8)12(9)18/h3-7,17H,1-2H3,(H,13,16). The molecule has 0 radical (unpaired) electrons. The highest BCUT2D eigenvalue weighted by atomic mass is 16.3. The molecular weight excluding hydrogens is 234 g/mol. The largest absolute Gasteiger partial charge is 0.493 e. The summed E-state index contributed by atoms with van der Waals surface area (Å²) in [5.74, 6) is -1.18. The zero-order valence-electron chi connectivity index (χ0n) is 10.0. The van der Waals surface area contributed by atoms with Crippen LogP contribution in [0.3, 0.4) is 0 Å². The highest BCUT2D eigenvalue weighted by molar-refractivity contribution is 5.96. The van der Waals surface area contributed by atoms with Crippen LogP contribution in [0, 0.1) is 0 Å². The minimum absolute atomic E-state index is 0.132. The van der Waals surface area contributed by atoms with Crippen molar-refractivity contribution in [2.45, 2.75) is 19.9 Å². The number of aromatic hydroxyl groups is 1. The second-order valence-corrected chi connectivity index (χ2v) is 4.17. The first-order valence-corrected chi connectivity index (χ1v) is 5.52. The first-order chi connectivity index (χ1) is 8.50. The molecular formula is C12H13N3O3. The molecule has 2 N–H and O–H groups in total. The Labute approximate surface area is 103 Å². The number of carbonyl (C=O) groups excluding carboxylic acids is 1. The van der Waals surface area contributed by atoms with Crippen molar-refractivity contribution in [1.29, 1.82) is 0 Å². The number of fused-ring (bicyclic) bond motifs is 1. The maximum absolute atomic E-state index is 12.1. The van der Waals surface area contributed by atoms with E-state index in [1.807, 2.05) is 0 Å². The van der Waals surface area contributed by atoms with E-state index in [9.17, 15) is 14.7 Å². The average Bonchev–Trinajstić information content (AvgIpc) is 2.27. The van der Waals surface area contributed by atoms with Crippen LogP contribution >= 0.6 is 0 Å². The Balaban J connectivity index is 2.65. The van der Waals surface area contributed by atoms with E-state index in [2.05, 4.69) is 10.3 Å². The van der Waals surface area contributed by atoms with Crippen LogP contribution in [0.15, 0.2) is 29.2 Å². The molecule has 0 spiro atoms. The van der Waals surface area contributed by atoms with E-state index in [0.717, 1.165) is 0 Å². The number of carbonyl (C=O) groups is 1. The molecule has 6 nitrogen and oxygen atoms in total. The average molecular weight is 247 g/mol. The van der Waals surface area contributed by atoms with Crippen molar-refractivity contribution in [2.24, 2.45) is 0 Å². The van der Waals surface area contributed by atoms with Gasteiger partial charge in [-0.15, -0.1) is 0 Å². The number of rotatable bonds is 2. The Hall–Kier alpha value is -2.37. The molecule has 0 aliphatic carbocycles. The number of nitrogens with one attached hydrogen (secondary N) is 1. The van der Waals surface area contributed by atoms with Gasteiger partial charge in [0.15, 0.2) is 5.56 Å². The van der Waals surface area contributed by atoms with Gasteiger partial charge in [-0.05, 0) is 26.0 Å². The second-order valence-electron chi connectivity index (χ2n) is 4.17. The second kappa shape index (κ2) is 4.48. The predicted molar refractivity (Wildman–Crippen MR) is 65.7 cm³/mol. The number of pyridine rings is 1. The summed E-state index contributed by atoms with van der Waals surface area (Å²) in [6.45, 7) is 3.53. The Kier molecular flexibility index (Phi) is 3.01. The number of nitrogens with zero attached hydrogens (tertiary/aromatic N) is 2. The molecule has 2 rings (SSSR count). The number of hydrogen-bond acceptors (Lipinski definition) is 4. The molecule has 0 saturated heterocycles. The van der Waals surface area contributed by atoms with Crippen LogP contribution < -0.4 is 10.9 Å². The molecule has 2 heterocycles. The lowest BCUT2D eigenvalue weighted by molar-refractivity contribution is 0.0938. The highest BCUT2D eigenvalue weighted by Gasteiger charge is 2.19.